The Morgan fingerprint density at radius 2 is 2.00 bits per heavy atom. The van der Waals surface area contributed by atoms with E-state index in [1.54, 1.807) is 0 Å². The highest BCUT2D eigenvalue weighted by molar-refractivity contribution is 8.00. The smallest absolute Gasteiger partial charge is 0.233 e. The molecule has 2 aliphatic rings. The van der Waals surface area contributed by atoms with Crippen molar-refractivity contribution in [3.63, 3.8) is 0 Å². The fourth-order valence-corrected chi connectivity index (χ4v) is 4.41. The van der Waals surface area contributed by atoms with Gasteiger partial charge in [-0.1, -0.05) is 30.8 Å². The van der Waals surface area contributed by atoms with E-state index in [-0.39, 0.29) is 11.7 Å². The van der Waals surface area contributed by atoms with E-state index in [9.17, 15) is 4.79 Å². The van der Waals surface area contributed by atoms with E-state index in [1.807, 2.05) is 11.8 Å². The normalized spacial score (nSPS) is 27.0. The SMILES string of the molecule is NC(=NO)C1(C(=O)NCC2CCCS2)CCCCCC1. The van der Waals surface area contributed by atoms with Crippen molar-refractivity contribution in [2.75, 3.05) is 12.3 Å². The molecule has 1 saturated carbocycles. The van der Waals surface area contributed by atoms with Gasteiger partial charge in [0, 0.05) is 11.8 Å². The van der Waals surface area contributed by atoms with Crippen LogP contribution in [-0.2, 0) is 4.79 Å². The highest BCUT2D eigenvalue weighted by atomic mass is 32.2. The second-order valence-corrected chi connectivity index (χ2v) is 7.23. The Hall–Kier alpha value is -0.910. The van der Waals surface area contributed by atoms with Crippen LogP contribution >= 0.6 is 11.8 Å². The minimum absolute atomic E-state index is 0.0535. The van der Waals surface area contributed by atoms with Crippen molar-refractivity contribution in [2.45, 2.75) is 56.6 Å². The fraction of sp³-hybridized carbons (Fsp3) is 0.857. The molecule has 4 N–H and O–H groups in total. The minimum Gasteiger partial charge on any atom is -0.409 e. The van der Waals surface area contributed by atoms with Gasteiger partial charge in [-0.05, 0) is 31.4 Å². The van der Waals surface area contributed by atoms with Gasteiger partial charge in [0.2, 0.25) is 5.91 Å². The van der Waals surface area contributed by atoms with Crippen molar-refractivity contribution < 1.29 is 10.0 Å². The first-order chi connectivity index (χ1) is 9.69. The number of hydrogen-bond acceptors (Lipinski definition) is 4. The summed E-state index contributed by atoms with van der Waals surface area (Å²) in [5.74, 6) is 1.21. The van der Waals surface area contributed by atoms with E-state index in [1.165, 1.54) is 18.6 Å². The van der Waals surface area contributed by atoms with Gasteiger partial charge in [-0.3, -0.25) is 4.79 Å². The Kier molecular flexibility index (Phi) is 5.57. The zero-order valence-corrected chi connectivity index (χ0v) is 12.8. The van der Waals surface area contributed by atoms with Gasteiger partial charge in [0.15, 0.2) is 5.84 Å². The Morgan fingerprint density at radius 3 is 2.55 bits per heavy atom. The highest BCUT2D eigenvalue weighted by Gasteiger charge is 2.43. The van der Waals surface area contributed by atoms with Crippen LogP contribution in [0.3, 0.4) is 0 Å². The lowest BCUT2D eigenvalue weighted by Gasteiger charge is -2.30. The molecule has 1 heterocycles. The number of carbonyl (C=O) groups is 1. The van der Waals surface area contributed by atoms with Gasteiger partial charge in [-0.2, -0.15) is 11.8 Å². The third kappa shape index (κ3) is 3.40. The molecule has 6 heteroatoms. The lowest BCUT2D eigenvalue weighted by molar-refractivity contribution is -0.128. The third-order valence-corrected chi connectivity index (χ3v) is 5.90. The molecule has 0 aromatic rings. The second-order valence-electron chi connectivity index (χ2n) is 5.83. The Balaban J connectivity index is 2.02. The van der Waals surface area contributed by atoms with Crippen LogP contribution in [0.5, 0.6) is 0 Å². The number of oxime groups is 1. The molecule has 1 amide bonds. The number of hydrogen-bond donors (Lipinski definition) is 3. The van der Waals surface area contributed by atoms with Crippen LogP contribution in [-0.4, -0.2) is 34.5 Å². The lowest BCUT2D eigenvalue weighted by atomic mass is 9.78. The molecule has 0 spiro atoms. The number of nitrogens with zero attached hydrogens (tertiary/aromatic N) is 1. The zero-order chi connectivity index (χ0) is 14.4. The average Bonchev–Trinajstić information content (AvgIpc) is 2.86. The second kappa shape index (κ2) is 7.20. The number of thioether (sulfide) groups is 1. The predicted molar refractivity (Wildman–Crippen MR) is 82.0 cm³/mol. The first-order valence-corrected chi connectivity index (χ1v) is 8.62. The summed E-state index contributed by atoms with van der Waals surface area (Å²) in [7, 11) is 0. The summed E-state index contributed by atoms with van der Waals surface area (Å²) < 4.78 is 0. The largest absolute Gasteiger partial charge is 0.409 e. The molecule has 114 valence electrons. The Morgan fingerprint density at radius 1 is 1.30 bits per heavy atom. The van der Waals surface area contributed by atoms with E-state index < -0.39 is 5.41 Å². The van der Waals surface area contributed by atoms with Gasteiger partial charge in [-0.25, -0.2) is 0 Å². The molecule has 2 rings (SSSR count). The molecule has 0 bridgehead atoms. The molecule has 0 radical (unpaired) electrons. The maximum atomic E-state index is 12.6. The van der Waals surface area contributed by atoms with Gasteiger partial charge >= 0.3 is 0 Å². The minimum atomic E-state index is -0.797. The number of nitrogens with two attached hydrogens (primary N) is 1. The monoisotopic (exact) mass is 299 g/mol. The first-order valence-electron chi connectivity index (χ1n) is 7.57. The van der Waals surface area contributed by atoms with E-state index in [2.05, 4.69) is 10.5 Å². The van der Waals surface area contributed by atoms with Crippen molar-refractivity contribution in [3.05, 3.63) is 0 Å². The maximum Gasteiger partial charge on any atom is 0.233 e. The van der Waals surface area contributed by atoms with Crippen molar-refractivity contribution in [2.24, 2.45) is 16.3 Å². The summed E-state index contributed by atoms with van der Waals surface area (Å²) in [5.41, 5.74) is 5.07. The lowest BCUT2D eigenvalue weighted by Crippen LogP contribution is -2.50. The molecule has 0 aromatic heterocycles. The van der Waals surface area contributed by atoms with Crippen LogP contribution in [0.2, 0.25) is 0 Å². The molecular formula is C14H25N3O2S. The standard InChI is InChI=1S/C14H25N3O2S/c15-12(17-19)14(7-3-1-2-4-8-14)13(18)16-10-11-6-5-9-20-11/h11,19H,1-10H2,(H2,15,17)(H,16,18). The third-order valence-electron chi connectivity index (χ3n) is 4.50. The summed E-state index contributed by atoms with van der Waals surface area (Å²) in [5, 5.41) is 15.8. The van der Waals surface area contributed by atoms with Crippen LogP contribution in [0.4, 0.5) is 0 Å². The van der Waals surface area contributed by atoms with Gasteiger partial charge < -0.3 is 16.3 Å². The van der Waals surface area contributed by atoms with E-state index >= 15 is 0 Å². The molecule has 0 aromatic carbocycles. The first kappa shape index (κ1) is 15.5. The van der Waals surface area contributed by atoms with E-state index in [0.29, 0.717) is 24.6 Å². The Labute approximate surface area is 124 Å². The van der Waals surface area contributed by atoms with Crippen LogP contribution in [0, 0.1) is 5.41 Å². The zero-order valence-electron chi connectivity index (χ0n) is 11.9. The number of amidine groups is 1. The molecule has 5 nitrogen and oxygen atoms in total. The maximum absolute atomic E-state index is 12.6. The summed E-state index contributed by atoms with van der Waals surface area (Å²) in [6.07, 6.45) is 7.93. The van der Waals surface area contributed by atoms with Crippen molar-refractivity contribution in [3.8, 4) is 0 Å². The van der Waals surface area contributed by atoms with Gasteiger partial charge in [0.05, 0.1) is 0 Å². The van der Waals surface area contributed by atoms with Gasteiger partial charge in [-0.15, -0.1) is 0 Å². The number of nitrogens with one attached hydrogen (secondary N) is 1. The quantitative estimate of drug-likeness (QED) is 0.244. The molecule has 1 aliphatic carbocycles. The van der Waals surface area contributed by atoms with Crippen molar-refractivity contribution in [1.29, 1.82) is 0 Å². The summed E-state index contributed by atoms with van der Waals surface area (Å²) in [6.45, 7) is 0.698. The van der Waals surface area contributed by atoms with Gasteiger partial charge in [0.25, 0.3) is 0 Å². The predicted octanol–water partition coefficient (Wildman–Crippen LogP) is 2.09. The Bertz CT molecular complexity index is 359. The van der Waals surface area contributed by atoms with Crippen LogP contribution in [0.25, 0.3) is 0 Å². The molecule has 1 unspecified atom stereocenters. The molecular weight excluding hydrogens is 274 g/mol. The van der Waals surface area contributed by atoms with Crippen molar-refractivity contribution >= 4 is 23.5 Å². The van der Waals surface area contributed by atoms with Crippen molar-refractivity contribution in [1.82, 2.24) is 5.32 Å². The van der Waals surface area contributed by atoms with E-state index in [4.69, 9.17) is 10.9 Å². The molecule has 1 aliphatic heterocycles. The summed E-state index contributed by atoms with van der Waals surface area (Å²) in [4.78, 5) is 12.6. The van der Waals surface area contributed by atoms with Crippen LogP contribution < -0.4 is 11.1 Å². The molecule has 1 saturated heterocycles. The van der Waals surface area contributed by atoms with Gasteiger partial charge in [0.1, 0.15) is 5.41 Å². The summed E-state index contributed by atoms with van der Waals surface area (Å²) in [6, 6.07) is 0. The highest BCUT2D eigenvalue weighted by Crippen LogP contribution is 2.36. The number of amides is 1. The number of carbonyl (C=O) groups excluding carboxylic acids is 1. The van der Waals surface area contributed by atoms with E-state index in [0.717, 1.165) is 25.7 Å². The topological polar surface area (TPSA) is 87.7 Å². The molecule has 1 atom stereocenters. The molecule has 2 fully saturated rings. The number of rotatable bonds is 4. The summed E-state index contributed by atoms with van der Waals surface area (Å²) >= 11 is 1.92. The van der Waals surface area contributed by atoms with Crippen LogP contribution in [0.15, 0.2) is 5.16 Å². The fourth-order valence-electron chi connectivity index (χ4n) is 3.21. The molecule has 20 heavy (non-hydrogen) atoms. The van der Waals surface area contributed by atoms with Crippen LogP contribution in [0.1, 0.15) is 51.4 Å². The average molecular weight is 299 g/mol.